The summed E-state index contributed by atoms with van der Waals surface area (Å²) < 4.78 is 0. The van der Waals surface area contributed by atoms with Crippen LogP contribution in [0.15, 0.2) is 40.6 Å². The van der Waals surface area contributed by atoms with Crippen LogP contribution in [0.3, 0.4) is 0 Å². The number of nitrogens with zero attached hydrogens (tertiary/aromatic N) is 1. The van der Waals surface area contributed by atoms with E-state index < -0.39 is 0 Å². The van der Waals surface area contributed by atoms with Crippen LogP contribution in [0, 0.1) is 11.3 Å². The molecule has 1 aliphatic heterocycles. The molecule has 1 heteroatoms. The van der Waals surface area contributed by atoms with Gasteiger partial charge in [0.05, 0.1) is 0 Å². The van der Waals surface area contributed by atoms with Gasteiger partial charge in [-0.1, -0.05) is 18.2 Å². The van der Waals surface area contributed by atoms with Crippen LogP contribution in [0.1, 0.15) is 13.3 Å². The Morgan fingerprint density at radius 1 is 1.58 bits per heavy atom. The summed E-state index contributed by atoms with van der Waals surface area (Å²) in [5.41, 5.74) is 3.16. The highest BCUT2D eigenvalue weighted by molar-refractivity contribution is 5.82. The van der Waals surface area contributed by atoms with Crippen molar-refractivity contribution in [2.75, 3.05) is 0 Å². The SMILES string of the molecule is CC1=CN=CC23CC2C=CC=C13. The Bertz CT molecular complexity index is 357. The van der Waals surface area contributed by atoms with Crippen LogP contribution >= 0.6 is 0 Å². The van der Waals surface area contributed by atoms with E-state index in [1.54, 1.807) is 0 Å². The summed E-state index contributed by atoms with van der Waals surface area (Å²) in [5, 5.41) is 0. The van der Waals surface area contributed by atoms with Crippen LogP contribution in [0.5, 0.6) is 0 Å². The zero-order valence-electron chi connectivity index (χ0n) is 7.12. The molecule has 1 saturated carbocycles. The van der Waals surface area contributed by atoms with E-state index in [1.165, 1.54) is 17.6 Å². The number of allylic oxidation sites excluding steroid dienone is 5. The van der Waals surface area contributed by atoms with Gasteiger partial charge in [0, 0.05) is 17.8 Å². The Morgan fingerprint density at radius 2 is 2.50 bits per heavy atom. The first-order valence-corrected chi connectivity index (χ1v) is 4.43. The van der Waals surface area contributed by atoms with E-state index in [1.807, 2.05) is 6.20 Å². The standard InChI is InChI=1S/C11H11N/c1-8-6-12-7-11-5-9(11)3-2-4-10(8)11/h2-4,6-7,9H,5H2,1H3. The highest BCUT2D eigenvalue weighted by Crippen LogP contribution is 2.61. The van der Waals surface area contributed by atoms with Gasteiger partial charge in [0.2, 0.25) is 0 Å². The Hall–Kier alpha value is -1.11. The molecule has 0 saturated heterocycles. The maximum atomic E-state index is 4.29. The summed E-state index contributed by atoms with van der Waals surface area (Å²) in [7, 11) is 0. The summed E-state index contributed by atoms with van der Waals surface area (Å²) in [6, 6.07) is 0. The molecule has 1 fully saturated rings. The minimum absolute atomic E-state index is 0.327. The van der Waals surface area contributed by atoms with Crippen LogP contribution in [-0.2, 0) is 0 Å². The third-order valence-electron chi connectivity index (χ3n) is 3.16. The Kier molecular flexibility index (Phi) is 0.957. The second-order valence-electron chi connectivity index (χ2n) is 3.91. The van der Waals surface area contributed by atoms with E-state index in [0.717, 1.165) is 5.92 Å². The maximum absolute atomic E-state index is 4.29. The average Bonchev–Trinajstić information content (AvgIpc) is 2.76. The molecule has 0 aromatic carbocycles. The molecule has 12 heavy (non-hydrogen) atoms. The predicted molar refractivity (Wildman–Crippen MR) is 50.0 cm³/mol. The fraction of sp³-hybridized carbons (Fsp3) is 0.364. The van der Waals surface area contributed by atoms with Crippen molar-refractivity contribution in [3.63, 3.8) is 0 Å². The van der Waals surface area contributed by atoms with Crippen LogP contribution in [0.4, 0.5) is 0 Å². The zero-order valence-corrected chi connectivity index (χ0v) is 7.12. The second-order valence-corrected chi connectivity index (χ2v) is 3.91. The van der Waals surface area contributed by atoms with Gasteiger partial charge in [-0.15, -0.1) is 0 Å². The molecular weight excluding hydrogens is 146 g/mol. The lowest BCUT2D eigenvalue weighted by atomic mass is 9.85. The smallest absolute Gasteiger partial charge is 0.0378 e. The first kappa shape index (κ1) is 6.41. The fourth-order valence-electron chi connectivity index (χ4n) is 2.36. The van der Waals surface area contributed by atoms with Crippen molar-refractivity contribution >= 4 is 6.21 Å². The lowest BCUT2D eigenvalue weighted by Crippen LogP contribution is -2.15. The van der Waals surface area contributed by atoms with Gasteiger partial charge in [-0.3, -0.25) is 4.99 Å². The van der Waals surface area contributed by atoms with Gasteiger partial charge < -0.3 is 0 Å². The first-order chi connectivity index (χ1) is 5.83. The van der Waals surface area contributed by atoms with Gasteiger partial charge in [0.25, 0.3) is 0 Å². The molecule has 1 heterocycles. The molecule has 0 aromatic heterocycles. The van der Waals surface area contributed by atoms with Crippen molar-refractivity contribution in [3.05, 3.63) is 35.6 Å². The molecule has 0 bridgehead atoms. The average molecular weight is 157 g/mol. The molecule has 2 atom stereocenters. The molecule has 0 N–H and O–H groups in total. The van der Waals surface area contributed by atoms with Crippen molar-refractivity contribution in [3.8, 4) is 0 Å². The minimum Gasteiger partial charge on any atom is -0.268 e. The monoisotopic (exact) mass is 157 g/mol. The molecule has 2 aliphatic carbocycles. The number of aliphatic imine (C=N–C) groups is 1. The molecule has 2 unspecified atom stereocenters. The first-order valence-electron chi connectivity index (χ1n) is 4.43. The normalized spacial score (nSPS) is 41.2. The van der Waals surface area contributed by atoms with E-state index >= 15 is 0 Å². The van der Waals surface area contributed by atoms with Crippen LogP contribution in [0.2, 0.25) is 0 Å². The van der Waals surface area contributed by atoms with Gasteiger partial charge in [0.15, 0.2) is 0 Å². The molecular formula is C11H11N. The van der Waals surface area contributed by atoms with Crippen LogP contribution in [0.25, 0.3) is 0 Å². The van der Waals surface area contributed by atoms with Gasteiger partial charge in [-0.25, -0.2) is 0 Å². The summed E-state index contributed by atoms with van der Waals surface area (Å²) >= 11 is 0. The Balaban J connectivity index is 2.18. The third-order valence-corrected chi connectivity index (χ3v) is 3.16. The quantitative estimate of drug-likeness (QED) is 0.512. The van der Waals surface area contributed by atoms with Crippen molar-refractivity contribution in [2.45, 2.75) is 13.3 Å². The Morgan fingerprint density at radius 3 is 3.33 bits per heavy atom. The molecule has 60 valence electrons. The number of hydrogen-bond donors (Lipinski definition) is 0. The molecule has 1 spiro atoms. The van der Waals surface area contributed by atoms with E-state index in [9.17, 15) is 0 Å². The minimum atomic E-state index is 0.327. The van der Waals surface area contributed by atoms with Gasteiger partial charge >= 0.3 is 0 Å². The van der Waals surface area contributed by atoms with Gasteiger partial charge in [0.1, 0.15) is 0 Å². The highest BCUT2D eigenvalue weighted by atomic mass is 14.8. The van der Waals surface area contributed by atoms with E-state index in [-0.39, 0.29) is 0 Å². The summed E-state index contributed by atoms with van der Waals surface area (Å²) in [5.74, 6) is 0.741. The predicted octanol–water partition coefficient (Wildman–Crippen LogP) is 2.48. The summed E-state index contributed by atoms with van der Waals surface area (Å²) in [6.07, 6.45) is 12.1. The third kappa shape index (κ3) is 0.580. The van der Waals surface area contributed by atoms with Gasteiger partial charge in [-0.2, -0.15) is 0 Å². The van der Waals surface area contributed by atoms with Gasteiger partial charge in [-0.05, 0) is 30.4 Å². The van der Waals surface area contributed by atoms with Crippen molar-refractivity contribution in [1.82, 2.24) is 0 Å². The van der Waals surface area contributed by atoms with Crippen molar-refractivity contribution < 1.29 is 0 Å². The maximum Gasteiger partial charge on any atom is 0.0378 e. The largest absolute Gasteiger partial charge is 0.268 e. The van der Waals surface area contributed by atoms with Crippen molar-refractivity contribution in [2.24, 2.45) is 16.3 Å². The van der Waals surface area contributed by atoms with Crippen molar-refractivity contribution in [1.29, 1.82) is 0 Å². The summed E-state index contributed by atoms with van der Waals surface area (Å²) in [6.45, 7) is 2.15. The fourth-order valence-corrected chi connectivity index (χ4v) is 2.36. The van der Waals surface area contributed by atoms with E-state index in [0.29, 0.717) is 5.41 Å². The van der Waals surface area contributed by atoms with E-state index in [4.69, 9.17) is 0 Å². The molecule has 0 aromatic rings. The molecule has 3 aliphatic rings. The highest BCUT2D eigenvalue weighted by Gasteiger charge is 2.55. The van der Waals surface area contributed by atoms with E-state index in [2.05, 4.69) is 36.4 Å². The lowest BCUT2D eigenvalue weighted by molar-refractivity contribution is 0.786. The molecule has 3 rings (SSSR count). The Labute approximate surface area is 72.2 Å². The molecule has 0 radical (unpaired) electrons. The summed E-state index contributed by atoms with van der Waals surface area (Å²) in [4.78, 5) is 4.29. The van der Waals surface area contributed by atoms with Crippen LogP contribution < -0.4 is 0 Å². The van der Waals surface area contributed by atoms with Crippen LogP contribution in [-0.4, -0.2) is 6.21 Å². The lowest BCUT2D eigenvalue weighted by Gasteiger charge is -2.21. The topological polar surface area (TPSA) is 12.4 Å². The number of rotatable bonds is 0. The molecule has 0 amide bonds. The second kappa shape index (κ2) is 1.79. The number of hydrogen-bond acceptors (Lipinski definition) is 1. The molecule has 1 nitrogen and oxygen atoms in total. The zero-order chi connectivity index (χ0) is 8.18.